The number of anilines is 1. The van der Waals surface area contributed by atoms with Gasteiger partial charge in [-0.25, -0.2) is 9.07 Å². The van der Waals surface area contributed by atoms with Crippen LogP contribution in [0.2, 0.25) is 0 Å². The quantitative estimate of drug-likeness (QED) is 0.787. The maximum atomic E-state index is 13.1. The number of halogens is 1. The van der Waals surface area contributed by atoms with E-state index in [1.807, 2.05) is 0 Å². The molecule has 8 heteroatoms. The van der Waals surface area contributed by atoms with Crippen molar-refractivity contribution in [3.8, 4) is 0 Å². The summed E-state index contributed by atoms with van der Waals surface area (Å²) in [6.07, 6.45) is 3.28. The molecule has 0 unspecified atom stereocenters. The standard InChI is InChI=1S/C15H14FN5O2/c1-20-9-10-8-17-21(15(23)14(10)19-20)6-5-13(22)18-12-4-2-3-11(16)7-12/h2-4,7-9H,5-6H2,1H3,(H,18,22). The molecule has 23 heavy (non-hydrogen) atoms. The lowest BCUT2D eigenvalue weighted by Gasteiger charge is -2.06. The van der Waals surface area contributed by atoms with Crippen LogP contribution in [0.15, 0.2) is 41.5 Å². The van der Waals surface area contributed by atoms with Crippen molar-refractivity contribution in [1.29, 1.82) is 0 Å². The molecule has 2 heterocycles. The second-order valence-corrected chi connectivity index (χ2v) is 5.09. The van der Waals surface area contributed by atoms with Crippen molar-refractivity contribution in [2.24, 2.45) is 7.05 Å². The van der Waals surface area contributed by atoms with Crippen LogP contribution in [-0.4, -0.2) is 25.5 Å². The first-order valence-electron chi connectivity index (χ1n) is 6.98. The molecule has 118 valence electrons. The average Bonchev–Trinajstić information content (AvgIpc) is 2.88. The second kappa shape index (κ2) is 5.99. The molecule has 7 nitrogen and oxygen atoms in total. The van der Waals surface area contributed by atoms with Crippen molar-refractivity contribution < 1.29 is 9.18 Å². The fraction of sp³-hybridized carbons (Fsp3) is 0.200. The highest BCUT2D eigenvalue weighted by atomic mass is 19.1. The highest BCUT2D eigenvalue weighted by Gasteiger charge is 2.09. The fourth-order valence-corrected chi connectivity index (χ4v) is 2.23. The highest BCUT2D eigenvalue weighted by molar-refractivity contribution is 5.90. The van der Waals surface area contributed by atoms with Gasteiger partial charge in [-0.1, -0.05) is 6.07 Å². The molecule has 1 N–H and O–H groups in total. The van der Waals surface area contributed by atoms with Gasteiger partial charge < -0.3 is 5.32 Å². The predicted molar refractivity (Wildman–Crippen MR) is 82.4 cm³/mol. The molecule has 0 bridgehead atoms. The lowest BCUT2D eigenvalue weighted by Crippen LogP contribution is -2.25. The number of amides is 1. The third-order valence-corrected chi connectivity index (χ3v) is 3.29. The molecule has 3 aromatic rings. The largest absolute Gasteiger partial charge is 0.326 e. The van der Waals surface area contributed by atoms with Gasteiger partial charge in [-0.05, 0) is 18.2 Å². The summed E-state index contributed by atoms with van der Waals surface area (Å²) >= 11 is 0. The van der Waals surface area contributed by atoms with E-state index in [-0.39, 0.29) is 24.4 Å². The van der Waals surface area contributed by atoms with Crippen molar-refractivity contribution >= 4 is 22.5 Å². The number of hydrogen-bond acceptors (Lipinski definition) is 4. The second-order valence-electron chi connectivity index (χ2n) is 5.09. The topological polar surface area (TPSA) is 81.8 Å². The van der Waals surface area contributed by atoms with Crippen LogP contribution in [0.3, 0.4) is 0 Å². The van der Waals surface area contributed by atoms with Gasteiger partial charge in [0.2, 0.25) is 5.91 Å². The summed E-state index contributed by atoms with van der Waals surface area (Å²) in [4.78, 5) is 24.1. The maximum absolute atomic E-state index is 13.1. The Kier molecular flexibility index (Phi) is 3.88. The zero-order valence-electron chi connectivity index (χ0n) is 12.4. The molecule has 0 fully saturated rings. The molecular weight excluding hydrogens is 301 g/mol. The van der Waals surface area contributed by atoms with Gasteiger partial charge in [0.05, 0.1) is 12.7 Å². The number of rotatable bonds is 4. The summed E-state index contributed by atoms with van der Waals surface area (Å²) in [6.45, 7) is 0.118. The first-order chi connectivity index (χ1) is 11.0. The molecule has 0 saturated heterocycles. The third-order valence-electron chi connectivity index (χ3n) is 3.29. The van der Waals surface area contributed by atoms with Crippen molar-refractivity contribution in [1.82, 2.24) is 19.6 Å². The van der Waals surface area contributed by atoms with Gasteiger partial charge in [-0.3, -0.25) is 14.3 Å². The van der Waals surface area contributed by atoms with E-state index < -0.39 is 5.82 Å². The molecular formula is C15H14FN5O2. The molecule has 1 amide bonds. The van der Waals surface area contributed by atoms with Gasteiger partial charge >= 0.3 is 0 Å². The predicted octanol–water partition coefficient (Wildman–Crippen LogP) is 1.30. The van der Waals surface area contributed by atoms with Crippen molar-refractivity contribution in [3.63, 3.8) is 0 Å². The van der Waals surface area contributed by atoms with Gasteiger partial charge in [0.1, 0.15) is 5.82 Å². The third kappa shape index (κ3) is 3.25. The number of fused-ring (bicyclic) bond motifs is 1. The summed E-state index contributed by atoms with van der Waals surface area (Å²) in [5, 5.41) is 11.3. The van der Waals surface area contributed by atoms with Crippen LogP contribution in [0.5, 0.6) is 0 Å². The average molecular weight is 315 g/mol. The first-order valence-corrected chi connectivity index (χ1v) is 6.98. The Balaban J connectivity index is 1.69. The summed E-state index contributed by atoms with van der Waals surface area (Å²) in [5.41, 5.74) is 0.338. The number of aromatic nitrogens is 4. The van der Waals surface area contributed by atoms with E-state index in [4.69, 9.17) is 0 Å². The van der Waals surface area contributed by atoms with Crippen molar-refractivity contribution in [2.75, 3.05) is 5.32 Å². The van der Waals surface area contributed by atoms with E-state index in [1.54, 1.807) is 19.3 Å². The number of nitrogens with zero attached hydrogens (tertiary/aromatic N) is 4. The zero-order chi connectivity index (χ0) is 16.4. The fourth-order valence-electron chi connectivity index (χ4n) is 2.23. The number of carbonyl (C=O) groups is 1. The maximum Gasteiger partial charge on any atom is 0.295 e. The molecule has 1 aromatic carbocycles. The van der Waals surface area contributed by atoms with Crippen LogP contribution in [0.4, 0.5) is 10.1 Å². The van der Waals surface area contributed by atoms with E-state index >= 15 is 0 Å². The molecule has 0 spiro atoms. The minimum Gasteiger partial charge on any atom is -0.326 e. The normalized spacial score (nSPS) is 10.9. The van der Waals surface area contributed by atoms with Gasteiger partial charge in [0.25, 0.3) is 5.56 Å². The van der Waals surface area contributed by atoms with Crippen LogP contribution < -0.4 is 10.9 Å². The summed E-state index contributed by atoms with van der Waals surface area (Å²) < 4.78 is 15.8. The van der Waals surface area contributed by atoms with E-state index in [0.717, 1.165) is 0 Å². The van der Waals surface area contributed by atoms with Crippen LogP contribution >= 0.6 is 0 Å². The van der Waals surface area contributed by atoms with E-state index in [0.29, 0.717) is 16.6 Å². The summed E-state index contributed by atoms with van der Waals surface area (Å²) in [7, 11) is 1.72. The van der Waals surface area contributed by atoms with Gasteiger partial charge in [-0.15, -0.1) is 0 Å². The number of hydrogen-bond donors (Lipinski definition) is 1. The number of aryl methyl sites for hydroxylation is 2. The van der Waals surface area contributed by atoms with E-state index in [1.165, 1.54) is 33.8 Å². The molecule has 0 radical (unpaired) electrons. The van der Waals surface area contributed by atoms with Crippen LogP contribution in [0, 0.1) is 5.82 Å². The Morgan fingerprint density at radius 2 is 2.22 bits per heavy atom. The smallest absolute Gasteiger partial charge is 0.295 e. The van der Waals surface area contributed by atoms with E-state index in [9.17, 15) is 14.0 Å². The van der Waals surface area contributed by atoms with Gasteiger partial charge in [-0.2, -0.15) is 10.2 Å². The Labute approximate surface area is 130 Å². The van der Waals surface area contributed by atoms with Gasteiger partial charge in [0.15, 0.2) is 5.52 Å². The lowest BCUT2D eigenvalue weighted by molar-refractivity contribution is -0.116. The van der Waals surface area contributed by atoms with Crippen LogP contribution in [0.25, 0.3) is 10.9 Å². The molecule has 0 aliphatic rings. The molecule has 3 rings (SSSR count). The van der Waals surface area contributed by atoms with Gasteiger partial charge in [0, 0.05) is 30.7 Å². The molecule has 0 aliphatic carbocycles. The Morgan fingerprint density at radius 3 is 3.00 bits per heavy atom. The molecule has 0 atom stereocenters. The van der Waals surface area contributed by atoms with Crippen LogP contribution in [-0.2, 0) is 18.4 Å². The van der Waals surface area contributed by atoms with Crippen molar-refractivity contribution in [3.05, 3.63) is 52.8 Å². The summed E-state index contributed by atoms with van der Waals surface area (Å²) in [6, 6.07) is 5.61. The Bertz CT molecular complexity index is 931. The Morgan fingerprint density at radius 1 is 1.39 bits per heavy atom. The number of carbonyl (C=O) groups excluding carboxylic acids is 1. The first kappa shape index (κ1) is 14.9. The zero-order valence-corrected chi connectivity index (χ0v) is 12.4. The minimum atomic E-state index is -0.429. The van der Waals surface area contributed by atoms with E-state index in [2.05, 4.69) is 15.5 Å². The summed E-state index contributed by atoms with van der Waals surface area (Å²) in [5.74, 6) is -0.758. The Hall–Kier alpha value is -3.03. The minimum absolute atomic E-state index is 0.0434. The lowest BCUT2D eigenvalue weighted by atomic mass is 10.3. The number of benzene rings is 1. The van der Waals surface area contributed by atoms with Crippen LogP contribution in [0.1, 0.15) is 6.42 Å². The van der Waals surface area contributed by atoms with Crippen molar-refractivity contribution in [2.45, 2.75) is 13.0 Å². The monoisotopic (exact) mass is 315 g/mol. The molecule has 0 saturated carbocycles. The number of nitrogens with one attached hydrogen (secondary N) is 1. The SMILES string of the molecule is Cn1cc2cnn(CCC(=O)Nc3cccc(F)c3)c(=O)c2n1. The molecule has 2 aromatic heterocycles. The molecule has 0 aliphatic heterocycles. The highest BCUT2D eigenvalue weighted by Crippen LogP contribution is 2.09.